The molecule has 2 amide bonds. The predicted molar refractivity (Wildman–Crippen MR) is 79.8 cm³/mol. The van der Waals surface area contributed by atoms with Gasteiger partial charge in [0.1, 0.15) is 0 Å². The third kappa shape index (κ3) is 4.77. The number of hydrogen-bond donors (Lipinski definition) is 2. The SMILES string of the molecule is CC(C1CC1)N(Cc1ccccc1)C(=O)NCCC(=O)O. The number of nitrogens with one attached hydrogen (secondary N) is 1. The Morgan fingerprint density at radius 1 is 1.33 bits per heavy atom. The van der Waals surface area contributed by atoms with Crippen LogP contribution in [0.5, 0.6) is 0 Å². The van der Waals surface area contributed by atoms with Gasteiger partial charge in [0, 0.05) is 19.1 Å². The standard InChI is InChI=1S/C16H22N2O3/c1-12(14-7-8-14)18(11-13-5-3-2-4-6-13)16(21)17-10-9-15(19)20/h2-6,12,14H,7-11H2,1H3,(H,17,21)(H,19,20). The summed E-state index contributed by atoms with van der Waals surface area (Å²) in [5.41, 5.74) is 1.08. The summed E-state index contributed by atoms with van der Waals surface area (Å²) in [5.74, 6) is -0.334. The first-order valence-electron chi connectivity index (χ1n) is 7.38. The van der Waals surface area contributed by atoms with Crippen molar-refractivity contribution in [1.82, 2.24) is 10.2 Å². The molecule has 0 aliphatic heterocycles. The largest absolute Gasteiger partial charge is 0.481 e. The van der Waals surface area contributed by atoms with Crippen molar-refractivity contribution >= 4 is 12.0 Å². The first-order valence-corrected chi connectivity index (χ1v) is 7.38. The van der Waals surface area contributed by atoms with Gasteiger partial charge in [-0.1, -0.05) is 30.3 Å². The van der Waals surface area contributed by atoms with Gasteiger partial charge >= 0.3 is 12.0 Å². The molecular weight excluding hydrogens is 268 g/mol. The molecule has 0 heterocycles. The van der Waals surface area contributed by atoms with E-state index in [1.807, 2.05) is 35.2 Å². The fraction of sp³-hybridized carbons (Fsp3) is 0.500. The molecule has 5 heteroatoms. The number of benzene rings is 1. The minimum atomic E-state index is -0.903. The van der Waals surface area contributed by atoms with E-state index in [0.29, 0.717) is 12.5 Å². The van der Waals surface area contributed by atoms with Gasteiger partial charge < -0.3 is 15.3 Å². The van der Waals surface area contributed by atoms with E-state index < -0.39 is 5.97 Å². The maximum Gasteiger partial charge on any atom is 0.317 e. The van der Waals surface area contributed by atoms with Crippen molar-refractivity contribution in [3.05, 3.63) is 35.9 Å². The average Bonchev–Trinajstić information content (AvgIpc) is 3.29. The van der Waals surface area contributed by atoms with E-state index in [1.165, 1.54) is 0 Å². The maximum atomic E-state index is 12.3. The first-order chi connectivity index (χ1) is 10.1. The van der Waals surface area contributed by atoms with Crippen LogP contribution in [0.25, 0.3) is 0 Å². The first kappa shape index (κ1) is 15.4. The van der Waals surface area contributed by atoms with Crippen molar-refractivity contribution in [2.45, 2.75) is 38.8 Å². The molecule has 1 fully saturated rings. The molecule has 1 aliphatic rings. The molecule has 1 saturated carbocycles. The van der Waals surface area contributed by atoms with E-state index in [2.05, 4.69) is 12.2 Å². The van der Waals surface area contributed by atoms with E-state index in [-0.39, 0.29) is 25.0 Å². The number of aliphatic carboxylic acids is 1. The molecule has 114 valence electrons. The highest BCUT2D eigenvalue weighted by atomic mass is 16.4. The zero-order valence-corrected chi connectivity index (χ0v) is 12.3. The second kappa shape index (κ2) is 7.11. The number of carboxylic acid groups (broad SMARTS) is 1. The molecule has 1 aliphatic carbocycles. The summed E-state index contributed by atoms with van der Waals surface area (Å²) >= 11 is 0. The number of amides is 2. The van der Waals surface area contributed by atoms with Crippen LogP contribution in [0.15, 0.2) is 30.3 Å². The second-order valence-electron chi connectivity index (χ2n) is 5.57. The fourth-order valence-electron chi connectivity index (χ4n) is 2.39. The van der Waals surface area contributed by atoms with Gasteiger partial charge in [-0.25, -0.2) is 4.79 Å². The molecule has 0 aromatic heterocycles. The zero-order valence-electron chi connectivity index (χ0n) is 12.3. The Morgan fingerprint density at radius 2 is 2.00 bits per heavy atom. The summed E-state index contributed by atoms with van der Waals surface area (Å²) in [6.07, 6.45) is 2.27. The van der Waals surface area contributed by atoms with Crippen molar-refractivity contribution in [2.24, 2.45) is 5.92 Å². The highest BCUT2D eigenvalue weighted by Crippen LogP contribution is 2.35. The zero-order chi connectivity index (χ0) is 15.2. The second-order valence-corrected chi connectivity index (χ2v) is 5.57. The van der Waals surface area contributed by atoms with E-state index >= 15 is 0 Å². The third-order valence-corrected chi connectivity index (χ3v) is 3.87. The Bertz CT molecular complexity index is 486. The average molecular weight is 290 g/mol. The van der Waals surface area contributed by atoms with E-state index in [0.717, 1.165) is 18.4 Å². The molecule has 2 rings (SSSR count). The summed E-state index contributed by atoms with van der Waals surface area (Å²) in [4.78, 5) is 24.7. The number of urea groups is 1. The molecule has 2 N–H and O–H groups in total. The van der Waals surface area contributed by atoms with Gasteiger partial charge in [0.25, 0.3) is 0 Å². The summed E-state index contributed by atoms with van der Waals surface area (Å²) in [6, 6.07) is 9.85. The minimum Gasteiger partial charge on any atom is -0.481 e. The molecule has 1 atom stereocenters. The number of hydrogen-bond acceptors (Lipinski definition) is 2. The van der Waals surface area contributed by atoms with Crippen LogP contribution in [0.1, 0.15) is 31.7 Å². The van der Waals surface area contributed by atoms with Gasteiger partial charge in [-0.3, -0.25) is 4.79 Å². The molecule has 0 saturated heterocycles. The maximum absolute atomic E-state index is 12.3. The van der Waals surface area contributed by atoms with Gasteiger partial charge in [0.2, 0.25) is 0 Å². The summed E-state index contributed by atoms with van der Waals surface area (Å²) in [7, 11) is 0. The molecule has 1 aromatic carbocycles. The van der Waals surface area contributed by atoms with Crippen molar-refractivity contribution in [2.75, 3.05) is 6.54 Å². The fourth-order valence-corrected chi connectivity index (χ4v) is 2.39. The smallest absolute Gasteiger partial charge is 0.317 e. The molecule has 21 heavy (non-hydrogen) atoms. The van der Waals surface area contributed by atoms with Crippen LogP contribution in [0.3, 0.4) is 0 Å². The Hall–Kier alpha value is -2.04. The van der Waals surface area contributed by atoms with E-state index in [9.17, 15) is 9.59 Å². The van der Waals surface area contributed by atoms with Crippen LogP contribution in [-0.4, -0.2) is 34.6 Å². The topological polar surface area (TPSA) is 69.6 Å². The Balaban J connectivity index is 1.97. The minimum absolute atomic E-state index is 0.0529. The molecule has 0 bridgehead atoms. The third-order valence-electron chi connectivity index (χ3n) is 3.87. The molecule has 0 radical (unpaired) electrons. The number of rotatable bonds is 7. The number of carbonyl (C=O) groups is 2. The molecular formula is C16H22N2O3. The van der Waals surface area contributed by atoms with Crippen molar-refractivity contribution in [3.8, 4) is 0 Å². The monoisotopic (exact) mass is 290 g/mol. The van der Waals surface area contributed by atoms with Crippen molar-refractivity contribution in [1.29, 1.82) is 0 Å². The lowest BCUT2D eigenvalue weighted by molar-refractivity contribution is -0.136. The Labute approximate surface area is 125 Å². The lowest BCUT2D eigenvalue weighted by atomic mass is 10.1. The quantitative estimate of drug-likeness (QED) is 0.810. The van der Waals surface area contributed by atoms with Crippen LogP contribution in [0.4, 0.5) is 4.79 Å². The number of nitrogens with zero attached hydrogens (tertiary/aromatic N) is 1. The highest BCUT2D eigenvalue weighted by molar-refractivity contribution is 5.75. The van der Waals surface area contributed by atoms with Crippen LogP contribution < -0.4 is 5.32 Å². The molecule has 1 unspecified atom stereocenters. The van der Waals surface area contributed by atoms with Crippen molar-refractivity contribution in [3.63, 3.8) is 0 Å². The lowest BCUT2D eigenvalue weighted by Gasteiger charge is -2.29. The summed E-state index contributed by atoms with van der Waals surface area (Å²) in [6.45, 7) is 2.78. The van der Waals surface area contributed by atoms with Crippen molar-refractivity contribution < 1.29 is 14.7 Å². The number of carboxylic acids is 1. The summed E-state index contributed by atoms with van der Waals surface area (Å²) < 4.78 is 0. The van der Waals surface area contributed by atoms with Gasteiger partial charge in [0.15, 0.2) is 0 Å². The van der Waals surface area contributed by atoms with Crippen LogP contribution in [0.2, 0.25) is 0 Å². The lowest BCUT2D eigenvalue weighted by Crippen LogP contribution is -2.45. The van der Waals surface area contributed by atoms with Crippen LogP contribution in [-0.2, 0) is 11.3 Å². The van der Waals surface area contributed by atoms with Gasteiger partial charge in [-0.15, -0.1) is 0 Å². The number of carbonyl (C=O) groups excluding carboxylic acids is 1. The summed E-state index contributed by atoms with van der Waals surface area (Å²) in [5, 5.41) is 11.3. The Morgan fingerprint density at radius 3 is 2.57 bits per heavy atom. The van der Waals surface area contributed by atoms with Gasteiger partial charge in [0.05, 0.1) is 6.42 Å². The molecule has 5 nitrogen and oxygen atoms in total. The van der Waals surface area contributed by atoms with Crippen LogP contribution >= 0.6 is 0 Å². The Kier molecular flexibility index (Phi) is 5.20. The van der Waals surface area contributed by atoms with E-state index in [4.69, 9.17) is 5.11 Å². The molecule has 1 aromatic rings. The highest BCUT2D eigenvalue weighted by Gasteiger charge is 2.34. The van der Waals surface area contributed by atoms with E-state index in [1.54, 1.807) is 0 Å². The normalized spacial score (nSPS) is 15.3. The molecule has 0 spiro atoms. The van der Waals surface area contributed by atoms with Gasteiger partial charge in [-0.05, 0) is 31.2 Å². The van der Waals surface area contributed by atoms with Crippen LogP contribution in [0, 0.1) is 5.92 Å². The predicted octanol–water partition coefficient (Wildman–Crippen LogP) is 2.47. The van der Waals surface area contributed by atoms with Gasteiger partial charge in [-0.2, -0.15) is 0 Å².